The van der Waals surface area contributed by atoms with E-state index in [0.29, 0.717) is 11.3 Å². The molecule has 1 heterocycles. The van der Waals surface area contributed by atoms with E-state index in [9.17, 15) is 14.9 Å². The van der Waals surface area contributed by atoms with E-state index in [1.807, 2.05) is 4.90 Å². The average Bonchev–Trinajstić information content (AvgIpc) is 2.53. The number of hydrogen-bond acceptors (Lipinski definition) is 4. The highest BCUT2D eigenvalue weighted by Gasteiger charge is 2.27. The number of piperidine rings is 1. The third-order valence-corrected chi connectivity index (χ3v) is 4.07. The summed E-state index contributed by atoms with van der Waals surface area (Å²) in [6.07, 6.45) is 4.16. The highest BCUT2D eigenvalue weighted by atomic mass is 16.6. The number of benzene rings is 1. The van der Waals surface area contributed by atoms with Gasteiger partial charge in [0, 0.05) is 31.3 Å². The standard InChI is InChI=1S/C15H21N3O3/c1-3-12-6-4-5-9-17(12)15(19)11-7-8-14(18(20)21)13(10-11)16-2/h7-8,10,12,16H,3-6,9H2,1-2H3. The number of nitrogens with one attached hydrogen (secondary N) is 1. The van der Waals surface area contributed by atoms with E-state index in [-0.39, 0.29) is 17.6 Å². The van der Waals surface area contributed by atoms with Gasteiger partial charge in [0.1, 0.15) is 5.69 Å². The van der Waals surface area contributed by atoms with Crippen molar-refractivity contribution in [1.29, 1.82) is 0 Å². The summed E-state index contributed by atoms with van der Waals surface area (Å²) in [7, 11) is 1.62. The van der Waals surface area contributed by atoms with Crippen molar-refractivity contribution in [2.24, 2.45) is 0 Å². The predicted octanol–water partition coefficient (Wildman–Crippen LogP) is 3.04. The van der Waals surface area contributed by atoms with E-state index in [4.69, 9.17) is 0 Å². The Morgan fingerprint density at radius 2 is 2.24 bits per heavy atom. The van der Waals surface area contributed by atoms with E-state index in [2.05, 4.69) is 12.2 Å². The number of likely N-dealkylation sites (tertiary alicyclic amines) is 1. The molecule has 0 bridgehead atoms. The van der Waals surface area contributed by atoms with Gasteiger partial charge < -0.3 is 10.2 Å². The smallest absolute Gasteiger partial charge is 0.292 e. The van der Waals surface area contributed by atoms with E-state index < -0.39 is 4.92 Å². The van der Waals surface area contributed by atoms with Gasteiger partial charge in [-0.1, -0.05) is 6.92 Å². The summed E-state index contributed by atoms with van der Waals surface area (Å²) < 4.78 is 0. The number of nitro groups is 1. The molecule has 0 saturated carbocycles. The van der Waals surface area contributed by atoms with Crippen molar-refractivity contribution in [3.8, 4) is 0 Å². The number of carbonyl (C=O) groups excluding carboxylic acids is 1. The zero-order chi connectivity index (χ0) is 15.4. The fraction of sp³-hybridized carbons (Fsp3) is 0.533. The third kappa shape index (κ3) is 3.15. The van der Waals surface area contributed by atoms with Crippen LogP contribution in [-0.2, 0) is 0 Å². The quantitative estimate of drug-likeness (QED) is 0.683. The summed E-state index contributed by atoms with van der Waals surface area (Å²) in [6.45, 7) is 2.86. The molecule has 114 valence electrons. The molecule has 21 heavy (non-hydrogen) atoms. The molecular formula is C15H21N3O3. The fourth-order valence-electron chi connectivity index (χ4n) is 2.89. The first-order valence-corrected chi connectivity index (χ1v) is 7.35. The van der Waals surface area contributed by atoms with E-state index in [1.165, 1.54) is 6.07 Å². The van der Waals surface area contributed by atoms with Crippen molar-refractivity contribution in [3.05, 3.63) is 33.9 Å². The molecule has 0 spiro atoms. The number of amides is 1. The number of nitrogens with zero attached hydrogens (tertiary/aromatic N) is 2. The monoisotopic (exact) mass is 291 g/mol. The summed E-state index contributed by atoms with van der Waals surface area (Å²) in [4.78, 5) is 25.0. The number of nitro benzene ring substituents is 1. The van der Waals surface area contributed by atoms with Crippen LogP contribution in [0.15, 0.2) is 18.2 Å². The van der Waals surface area contributed by atoms with Crippen molar-refractivity contribution in [3.63, 3.8) is 0 Å². The largest absolute Gasteiger partial charge is 0.383 e. The first-order chi connectivity index (χ1) is 10.1. The number of hydrogen-bond donors (Lipinski definition) is 1. The van der Waals surface area contributed by atoms with Crippen molar-refractivity contribution in [1.82, 2.24) is 4.90 Å². The Balaban J connectivity index is 2.28. The van der Waals surface area contributed by atoms with Crippen LogP contribution in [0.2, 0.25) is 0 Å². The summed E-state index contributed by atoms with van der Waals surface area (Å²) in [5.41, 5.74) is 0.862. The predicted molar refractivity (Wildman–Crippen MR) is 81.6 cm³/mol. The Bertz CT molecular complexity index is 545. The molecule has 1 saturated heterocycles. The Labute approximate surface area is 124 Å². The van der Waals surface area contributed by atoms with Crippen LogP contribution >= 0.6 is 0 Å². The molecule has 1 aromatic rings. The zero-order valence-corrected chi connectivity index (χ0v) is 12.5. The Kier molecular flexibility index (Phi) is 4.77. The molecule has 1 fully saturated rings. The highest BCUT2D eigenvalue weighted by molar-refractivity contribution is 5.96. The van der Waals surface area contributed by atoms with Gasteiger partial charge in [-0.05, 0) is 37.8 Å². The second-order valence-electron chi connectivity index (χ2n) is 5.30. The molecule has 6 heteroatoms. The summed E-state index contributed by atoms with van der Waals surface area (Å²) in [6, 6.07) is 4.79. The van der Waals surface area contributed by atoms with Gasteiger partial charge in [0.25, 0.3) is 11.6 Å². The number of rotatable bonds is 4. The van der Waals surface area contributed by atoms with Gasteiger partial charge in [-0.25, -0.2) is 0 Å². The summed E-state index contributed by atoms with van der Waals surface area (Å²) in [5, 5.41) is 13.7. The second kappa shape index (κ2) is 6.56. The van der Waals surface area contributed by atoms with Gasteiger partial charge in [-0.3, -0.25) is 14.9 Å². The van der Waals surface area contributed by atoms with Crippen molar-refractivity contribution >= 4 is 17.3 Å². The van der Waals surface area contributed by atoms with E-state index >= 15 is 0 Å². The van der Waals surface area contributed by atoms with Crippen LogP contribution in [0, 0.1) is 10.1 Å². The van der Waals surface area contributed by atoms with Crippen molar-refractivity contribution in [2.45, 2.75) is 38.6 Å². The van der Waals surface area contributed by atoms with Crippen molar-refractivity contribution < 1.29 is 9.72 Å². The van der Waals surface area contributed by atoms with Crippen LogP contribution in [0.4, 0.5) is 11.4 Å². The minimum Gasteiger partial charge on any atom is -0.383 e. The van der Waals surface area contributed by atoms with Crippen molar-refractivity contribution in [2.75, 3.05) is 18.9 Å². The van der Waals surface area contributed by atoms with Crippen LogP contribution in [-0.4, -0.2) is 35.4 Å². The molecule has 0 radical (unpaired) electrons. The number of anilines is 1. The van der Waals surface area contributed by atoms with E-state index in [1.54, 1.807) is 19.2 Å². The molecule has 1 unspecified atom stereocenters. The first kappa shape index (κ1) is 15.3. The SMILES string of the molecule is CCC1CCCCN1C(=O)c1ccc([N+](=O)[O-])c(NC)c1. The van der Waals surface area contributed by atoms with Crippen LogP contribution in [0.3, 0.4) is 0 Å². The third-order valence-electron chi connectivity index (χ3n) is 4.07. The zero-order valence-electron chi connectivity index (χ0n) is 12.5. The van der Waals surface area contributed by atoms with E-state index in [0.717, 1.165) is 32.2 Å². The molecule has 2 rings (SSSR count). The lowest BCUT2D eigenvalue weighted by Gasteiger charge is -2.35. The Morgan fingerprint density at radius 1 is 1.48 bits per heavy atom. The fourth-order valence-corrected chi connectivity index (χ4v) is 2.89. The van der Waals surface area contributed by atoms with Crippen LogP contribution in [0.5, 0.6) is 0 Å². The molecule has 0 aliphatic carbocycles. The molecule has 1 amide bonds. The van der Waals surface area contributed by atoms with Gasteiger partial charge >= 0.3 is 0 Å². The maximum atomic E-state index is 12.6. The lowest BCUT2D eigenvalue weighted by atomic mass is 9.98. The molecular weight excluding hydrogens is 270 g/mol. The van der Waals surface area contributed by atoms with Gasteiger partial charge in [-0.15, -0.1) is 0 Å². The second-order valence-corrected chi connectivity index (χ2v) is 5.30. The molecule has 1 atom stereocenters. The lowest BCUT2D eigenvalue weighted by Crippen LogP contribution is -2.43. The van der Waals surface area contributed by atoms with Crippen LogP contribution in [0.1, 0.15) is 43.0 Å². The van der Waals surface area contributed by atoms with Gasteiger partial charge in [-0.2, -0.15) is 0 Å². The molecule has 1 aliphatic heterocycles. The van der Waals surface area contributed by atoms with Gasteiger partial charge in [0.15, 0.2) is 0 Å². The maximum Gasteiger partial charge on any atom is 0.292 e. The summed E-state index contributed by atoms with van der Waals surface area (Å²) in [5.74, 6) is -0.0343. The Morgan fingerprint density at radius 3 is 2.86 bits per heavy atom. The minimum absolute atomic E-state index is 0.0141. The van der Waals surface area contributed by atoms with Gasteiger partial charge in [0.05, 0.1) is 4.92 Å². The molecule has 1 aliphatic rings. The molecule has 0 aromatic heterocycles. The molecule has 6 nitrogen and oxygen atoms in total. The minimum atomic E-state index is -0.449. The van der Waals surface area contributed by atoms with Crippen LogP contribution < -0.4 is 5.32 Å². The number of carbonyl (C=O) groups is 1. The topological polar surface area (TPSA) is 75.5 Å². The molecule has 1 N–H and O–H groups in total. The first-order valence-electron chi connectivity index (χ1n) is 7.35. The highest BCUT2D eigenvalue weighted by Crippen LogP contribution is 2.27. The maximum absolute atomic E-state index is 12.6. The normalized spacial score (nSPS) is 18.4. The van der Waals surface area contributed by atoms with Crippen LogP contribution in [0.25, 0.3) is 0 Å². The average molecular weight is 291 g/mol. The lowest BCUT2D eigenvalue weighted by molar-refractivity contribution is -0.383. The Hall–Kier alpha value is -2.11. The summed E-state index contributed by atoms with van der Waals surface area (Å²) >= 11 is 0. The van der Waals surface area contributed by atoms with Gasteiger partial charge in [0.2, 0.25) is 0 Å². The molecule has 1 aromatic carbocycles.